The Labute approximate surface area is 139 Å². The van der Waals surface area contributed by atoms with Gasteiger partial charge in [-0.15, -0.1) is 0 Å². The molecule has 2 aromatic carbocycles. The number of carbonyl (C=O) groups excluding carboxylic acids is 2. The van der Waals surface area contributed by atoms with Crippen LogP contribution in [0.25, 0.3) is 6.08 Å². The van der Waals surface area contributed by atoms with E-state index in [1.165, 1.54) is 6.92 Å². The standard InChI is InChI=1S/C19H17NO4/c1-12(21)20-15-5-3-13(4-6-15)9-14-11-24-18-8-7-16(23-2)10-17(18)19(14)22/h3-10H,11H2,1-2H3,(H,20,21). The number of ketones is 1. The van der Waals surface area contributed by atoms with E-state index in [0.29, 0.717) is 28.3 Å². The third kappa shape index (κ3) is 3.30. The summed E-state index contributed by atoms with van der Waals surface area (Å²) < 4.78 is 10.8. The maximum atomic E-state index is 12.6. The summed E-state index contributed by atoms with van der Waals surface area (Å²) in [6.07, 6.45) is 1.79. The molecule has 0 saturated heterocycles. The van der Waals surface area contributed by atoms with Gasteiger partial charge in [0, 0.05) is 18.2 Å². The molecule has 1 heterocycles. The van der Waals surface area contributed by atoms with E-state index in [1.807, 2.05) is 12.1 Å². The van der Waals surface area contributed by atoms with Gasteiger partial charge in [0.1, 0.15) is 18.1 Å². The van der Waals surface area contributed by atoms with Crippen LogP contribution in [-0.4, -0.2) is 25.4 Å². The number of amides is 1. The quantitative estimate of drug-likeness (QED) is 0.880. The lowest BCUT2D eigenvalue weighted by Gasteiger charge is -2.19. The van der Waals surface area contributed by atoms with Crippen LogP contribution in [0, 0.1) is 0 Å². The van der Waals surface area contributed by atoms with Crippen LogP contribution in [0.4, 0.5) is 5.69 Å². The fourth-order valence-corrected chi connectivity index (χ4v) is 2.51. The van der Waals surface area contributed by atoms with Gasteiger partial charge >= 0.3 is 0 Å². The first-order chi connectivity index (χ1) is 11.6. The molecule has 1 amide bonds. The molecule has 24 heavy (non-hydrogen) atoms. The number of rotatable bonds is 3. The van der Waals surface area contributed by atoms with Crippen molar-refractivity contribution in [2.24, 2.45) is 0 Å². The van der Waals surface area contributed by atoms with Crippen molar-refractivity contribution in [1.82, 2.24) is 0 Å². The van der Waals surface area contributed by atoms with E-state index in [-0.39, 0.29) is 18.3 Å². The second kappa shape index (κ2) is 6.58. The number of benzene rings is 2. The number of Topliss-reactive ketones (excluding diaryl/α,β-unsaturated/α-hetero) is 1. The molecule has 122 valence electrons. The molecular formula is C19H17NO4. The van der Waals surface area contributed by atoms with E-state index < -0.39 is 0 Å². The van der Waals surface area contributed by atoms with Gasteiger partial charge in [-0.25, -0.2) is 0 Å². The zero-order valence-corrected chi connectivity index (χ0v) is 13.5. The fraction of sp³-hybridized carbons (Fsp3) is 0.158. The topological polar surface area (TPSA) is 64.6 Å². The Morgan fingerprint density at radius 2 is 1.96 bits per heavy atom. The molecular weight excluding hydrogens is 306 g/mol. The first-order valence-corrected chi connectivity index (χ1v) is 7.50. The molecule has 2 aromatic rings. The maximum absolute atomic E-state index is 12.6. The van der Waals surface area contributed by atoms with Crippen LogP contribution in [0.15, 0.2) is 48.0 Å². The van der Waals surface area contributed by atoms with Gasteiger partial charge in [-0.05, 0) is 42.0 Å². The highest BCUT2D eigenvalue weighted by Gasteiger charge is 2.23. The molecule has 3 rings (SSSR count). The lowest BCUT2D eigenvalue weighted by molar-refractivity contribution is -0.114. The third-order valence-electron chi connectivity index (χ3n) is 3.68. The molecule has 0 radical (unpaired) electrons. The zero-order valence-electron chi connectivity index (χ0n) is 13.5. The molecule has 0 fully saturated rings. The van der Waals surface area contributed by atoms with Crippen LogP contribution < -0.4 is 14.8 Å². The number of carbonyl (C=O) groups is 2. The molecule has 5 nitrogen and oxygen atoms in total. The van der Waals surface area contributed by atoms with Crippen LogP contribution in [0.5, 0.6) is 11.5 Å². The van der Waals surface area contributed by atoms with Crippen molar-refractivity contribution in [1.29, 1.82) is 0 Å². The minimum absolute atomic E-state index is 0.0684. The zero-order chi connectivity index (χ0) is 17.1. The van der Waals surface area contributed by atoms with E-state index >= 15 is 0 Å². The highest BCUT2D eigenvalue weighted by Crippen LogP contribution is 2.31. The summed E-state index contributed by atoms with van der Waals surface area (Å²) in [5.74, 6) is 0.995. The van der Waals surface area contributed by atoms with Crippen molar-refractivity contribution in [2.45, 2.75) is 6.92 Å². The highest BCUT2D eigenvalue weighted by molar-refractivity contribution is 6.14. The molecule has 0 aliphatic carbocycles. The maximum Gasteiger partial charge on any atom is 0.221 e. The predicted molar refractivity (Wildman–Crippen MR) is 91.5 cm³/mol. The van der Waals surface area contributed by atoms with Gasteiger partial charge < -0.3 is 14.8 Å². The van der Waals surface area contributed by atoms with Gasteiger partial charge in [0.05, 0.1) is 12.7 Å². The van der Waals surface area contributed by atoms with Crippen LogP contribution >= 0.6 is 0 Å². The Hall–Kier alpha value is -3.08. The van der Waals surface area contributed by atoms with Crippen molar-refractivity contribution < 1.29 is 19.1 Å². The average molecular weight is 323 g/mol. The number of fused-ring (bicyclic) bond motifs is 1. The molecule has 1 N–H and O–H groups in total. The van der Waals surface area contributed by atoms with Gasteiger partial charge in [-0.1, -0.05) is 12.1 Å². The summed E-state index contributed by atoms with van der Waals surface area (Å²) >= 11 is 0. The molecule has 0 saturated carbocycles. The lowest BCUT2D eigenvalue weighted by Crippen LogP contribution is -2.19. The van der Waals surface area contributed by atoms with Crippen LogP contribution in [0.3, 0.4) is 0 Å². The highest BCUT2D eigenvalue weighted by atomic mass is 16.5. The van der Waals surface area contributed by atoms with Crippen molar-refractivity contribution in [2.75, 3.05) is 19.0 Å². The molecule has 1 aliphatic rings. The summed E-state index contributed by atoms with van der Waals surface area (Å²) in [7, 11) is 1.56. The Balaban J connectivity index is 1.85. The van der Waals surface area contributed by atoms with Crippen molar-refractivity contribution in [3.63, 3.8) is 0 Å². The van der Waals surface area contributed by atoms with Crippen LogP contribution in [-0.2, 0) is 4.79 Å². The Morgan fingerprint density at radius 1 is 1.21 bits per heavy atom. The van der Waals surface area contributed by atoms with Crippen molar-refractivity contribution in [3.8, 4) is 11.5 Å². The average Bonchev–Trinajstić information content (AvgIpc) is 2.58. The molecule has 5 heteroatoms. The molecule has 0 aromatic heterocycles. The number of nitrogens with one attached hydrogen (secondary N) is 1. The van der Waals surface area contributed by atoms with Gasteiger partial charge in [0.15, 0.2) is 5.78 Å². The number of hydrogen-bond donors (Lipinski definition) is 1. The van der Waals surface area contributed by atoms with E-state index in [4.69, 9.17) is 9.47 Å². The summed E-state index contributed by atoms with van der Waals surface area (Å²) in [5.41, 5.74) is 2.65. The smallest absolute Gasteiger partial charge is 0.221 e. The second-order valence-corrected chi connectivity index (χ2v) is 5.45. The minimum Gasteiger partial charge on any atom is -0.497 e. The van der Waals surface area contributed by atoms with Crippen LogP contribution in [0.1, 0.15) is 22.8 Å². The molecule has 0 unspecified atom stereocenters. The first-order valence-electron chi connectivity index (χ1n) is 7.50. The van der Waals surface area contributed by atoms with E-state index in [2.05, 4.69) is 5.32 Å². The summed E-state index contributed by atoms with van der Waals surface area (Å²) in [6.45, 7) is 1.69. The fourth-order valence-electron chi connectivity index (χ4n) is 2.51. The summed E-state index contributed by atoms with van der Waals surface area (Å²) in [6, 6.07) is 12.5. The molecule has 0 atom stereocenters. The van der Waals surface area contributed by atoms with Gasteiger partial charge in [-0.3, -0.25) is 9.59 Å². The van der Waals surface area contributed by atoms with Gasteiger partial charge in [0.25, 0.3) is 0 Å². The Bertz CT molecular complexity index is 822. The lowest BCUT2D eigenvalue weighted by atomic mass is 9.98. The van der Waals surface area contributed by atoms with E-state index in [9.17, 15) is 9.59 Å². The van der Waals surface area contributed by atoms with Gasteiger partial charge in [-0.2, -0.15) is 0 Å². The first kappa shape index (κ1) is 15.8. The Morgan fingerprint density at radius 3 is 2.62 bits per heavy atom. The van der Waals surface area contributed by atoms with Crippen LogP contribution in [0.2, 0.25) is 0 Å². The number of anilines is 1. The molecule has 1 aliphatic heterocycles. The SMILES string of the molecule is COc1ccc2c(c1)C(=O)C(=Cc1ccc(NC(C)=O)cc1)CO2. The third-order valence-corrected chi connectivity index (χ3v) is 3.68. The molecule has 0 bridgehead atoms. The monoisotopic (exact) mass is 323 g/mol. The number of ether oxygens (including phenoxy) is 2. The second-order valence-electron chi connectivity index (χ2n) is 5.45. The largest absolute Gasteiger partial charge is 0.497 e. The number of methoxy groups -OCH3 is 1. The molecule has 0 spiro atoms. The summed E-state index contributed by atoms with van der Waals surface area (Å²) in [5, 5.41) is 2.70. The predicted octanol–water partition coefficient (Wildman–Crippen LogP) is 3.31. The summed E-state index contributed by atoms with van der Waals surface area (Å²) in [4.78, 5) is 23.7. The van der Waals surface area contributed by atoms with Crippen molar-refractivity contribution >= 4 is 23.5 Å². The normalized spacial score (nSPS) is 14.8. The van der Waals surface area contributed by atoms with Gasteiger partial charge in [0.2, 0.25) is 5.91 Å². The van der Waals surface area contributed by atoms with E-state index in [1.54, 1.807) is 43.5 Å². The number of hydrogen-bond acceptors (Lipinski definition) is 4. The van der Waals surface area contributed by atoms with Crippen molar-refractivity contribution in [3.05, 3.63) is 59.2 Å². The van der Waals surface area contributed by atoms with E-state index in [0.717, 1.165) is 5.56 Å². The Kier molecular flexibility index (Phi) is 4.33. The minimum atomic E-state index is -0.123.